The lowest BCUT2D eigenvalue weighted by Gasteiger charge is -2.17. The molecule has 0 aromatic heterocycles. The van der Waals surface area contributed by atoms with Crippen LogP contribution in [0.3, 0.4) is 0 Å². The Labute approximate surface area is 136 Å². The molecule has 3 aromatic carbocycles. The first kappa shape index (κ1) is 15.0. The van der Waals surface area contributed by atoms with Gasteiger partial charge in [-0.25, -0.2) is 0 Å². The average molecular weight is 302 g/mol. The maximum atomic E-state index is 12.7. The Bertz CT molecular complexity index is 697. The zero-order valence-electron chi connectivity index (χ0n) is 12.8. The number of rotatable bonds is 5. The van der Waals surface area contributed by atoms with E-state index in [2.05, 4.69) is 0 Å². The van der Waals surface area contributed by atoms with Crippen molar-refractivity contribution in [3.63, 3.8) is 0 Å². The molecule has 0 fully saturated rings. The van der Waals surface area contributed by atoms with Gasteiger partial charge in [-0.1, -0.05) is 91.0 Å². The highest BCUT2D eigenvalue weighted by Crippen LogP contribution is 2.26. The lowest BCUT2D eigenvalue weighted by atomic mass is 9.91. The van der Waals surface area contributed by atoms with E-state index in [-0.39, 0.29) is 12.6 Å². The lowest BCUT2D eigenvalue weighted by Crippen LogP contribution is -2.17. The van der Waals surface area contributed by atoms with Crippen LogP contribution in [0.15, 0.2) is 91.0 Å². The molecule has 0 aliphatic heterocycles. The topological polar surface area (TPSA) is 26.3 Å². The minimum atomic E-state index is -0.402. The summed E-state index contributed by atoms with van der Waals surface area (Å²) in [6.45, 7) is 0.288. The predicted molar refractivity (Wildman–Crippen MR) is 91.0 cm³/mol. The van der Waals surface area contributed by atoms with Crippen LogP contribution in [0.2, 0.25) is 0 Å². The molecule has 0 saturated carbocycles. The van der Waals surface area contributed by atoms with E-state index in [1.54, 1.807) is 0 Å². The fraction of sp³-hybridized carbons (Fsp3) is 0.0952. The van der Waals surface area contributed by atoms with Gasteiger partial charge in [-0.15, -0.1) is 0 Å². The summed E-state index contributed by atoms with van der Waals surface area (Å²) in [6.07, 6.45) is 0. The van der Waals surface area contributed by atoms with Crippen molar-refractivity contribution in [1.82, 2.24) is 0 Å². The maximum Gasteiger partial charge on any atom is 0.318 e. The number of esters is 1. The molecule has 0 N–H and O–H groups in total. The van der Waals surface area contributed by atoms with Gasteiger partial charge in [-0.3, -0.25) is 4.79 Å². The van der Waals surface area contributed by atoms with Crippen LogP contribution in [0, 0.1) is 0 Å². The summed E-state index contributed by atoms with van der Waals surface area (Å²) in [5, 5.41) is 0. The first-order valence-corrected chi connectivity index (χ1v) is 7.65. The summed E-state index contributed by atoms with van der Waals surface area (Å²) in [5.41, 5.74) is 2.87. The Morgan fingerprint density at radius 1 is 0.696 bits per heavy atom. The second kappa shape index (κ2) is 7.41. The van der Waals surface area contributed by atoms with Crippen LogP contribution < -0.4 is 0 Å². The molecule has 0 aliphatic carbocycles. The predicted octanol–water partition coefficient (Wildman–Crippen LogP) is 4.56. The van der Waals surface area contributed by atoms with E-state index in [0.717, 1.165) is 16.7 Å². The van der Waals surface area contributed by atoms with Crippen LogP contribution in [-0.2, 0) is 16.1 Å². The highest BCUT2D eigenvalue weighted by atomic mass is 16.5. The standard InChI is InChI=1S/C21H18O2/c22-21(23-16-17-10-4-1-5-11-17)20(18-12-6-2-7-13-18)19-14-8-3-9-15-19/h1-15,20H,16H2. The molecule has 0 atom stereocenters. The first-order valence-electron chi connectivity index (χ1n) is 7.65. The van der Waals surface area contributed by atoms with Gasteiger partial charge in [0, 0.05) is 0 Å². The minimum absolute atomic E-state index is 0.230. The van der Waals surface area contributed by atoms with Crippen LogP contribution >= 0.6 is 0 Å². The van der Waals surface area contributed by atoms with E-state index in [9.17, 15) is 4.79 Å². The van der Waals surface area contributed by atoms with Crippen molar-refractivity contribution in [3.8, 4) is 0 Å². The van der Waals surface area contributed by atoms with E-state index in [4.69, 9.17) is 4.74 Å². The zero-order chi connectivity index (χ0) is 15.9. The van der Waals surface area contributed by atoms with Gasteiger partial charge in [0.1, 0.15) is 12.5 Å². The smallest absolute Gasteiger partial charge is 0.318 e. The molecule has 2 heteroatoms. The molecule has 0 spiro atoms. The average Bonchev–Trinajstić information content (AvgIpc) is 2.63. The van der Waals surface area contributed by atoms with Crippen molar-refractivity contribution in [2.24, 2.45) is 0 Å². The number of benzene rings is 3. The van der Waals surface area contributed by atoms with E-state index < -0.39 is 5.92 Å². The molecule has 114 valence electrons. The minimum Gasteiger partial charge on any atom is -0.460 e. The summed E-state index contributed by atoms with van der Waals surface area (Å²) < 4.78 is 5.56. The molecule has 0 radical (unpaired) electrons. The Morgan fingerprint density at radius 2 is 1.13 bits per heavy atom. The Balaban J connectivity index is 1.82. The summed E-state index contributed by atoms with van der Waals surface area (Å²) in [7, 11) is 0. The molecule has 0 amide bonds. The van der Waals surface area contributed by atoms with Crippen molar-refractivity contribution in [1.29, 1.82) is 0 Å². The third kappa shape index (κ3) is 3.86. The van der Waals surface area contributed by atoms with Crippen molar-refractivity contribution in [2.75, 3.05) is 0 Å². The summed E-state index contributed by atoms with van der Waals surface area (Å²) >= 11 is 0. The number of carbonyl (C=O) groups is 1. The number of carbonyl (C=O) groups excluding carboxylic acids is 1. The fourth-order valence-electron chi connectivity index (χ4n) is 2.57. The fourth-order valence-corrected chi connectivity index (χ4v) is 2.57. The molecule has 23 heavy (non-hydrogen) atoms. The van der Waals surface area contributed by atoms with Crippen molar-refractivity contribution < 1.29 is 9.53 Å². The third-order valence-corrected chi connectivity index (χ3v) is 3.73. The van der Waals surface area contributed by atoms with Gasteiger partial charge in [0.15, 0.2) is 0 Å². The van der Waals surface area contributed by atoms with Gasteiger partial charge >= 0.3 is 5.97 Å². The van der Waals surface area contributed by atoms with Crippen LogP contribution in [0.1, 0.15) is 22.6 Å². The van der Waals surface area contributed by atoms with Crippen molar-refractivity contribution >= 4 is 5.97 Å². The Morgan fingerprint density at radius 3 is 1.61 bits per heavy atom. The molecule has 0 saturated heterocycles. The maximum absolute atomic E-state index is 12.7. The van der Waals surface area contributed by atoms with Gasteiger partial charge < -0.3 is 4.74 Å². The number of hydrogen-bond acceptors (Lipinski definition) is 2. The molecular formula is C21H18O2. The molecule has 3 aromatic rings. The van der Waals surface area contributed by atoms with Crippen LogP contribution in [0.25, 0.3) is 0 Å². The highest BCUT2D eigenvalue weighted by molar-refractivity contribution is 5.82. The van der Waals surface area contributed by atoms with E-state index in [1.165, 1.54) is 0 Å². The summed E-state index contributed by atoms with van der Waals surface area (Å²) in [5.74, 6) is -0.632. The molecule has 0 heterocycles. The Hall–Kier alpha value is -2.87. The molecule has 0 unspecified atom stereocenters. The van der Waals surface area contributed by atoms with Crippen LogP contribution in [0.5, 0.6) is 0 Å². The van der Waals surface area contributed by atoms with E-state index in [0.29, 0.717) is 0 Å². The van der Waals surface area contributed by atoms with Crippen LogP contribution in [0.4, 0.5) is 0 Å². The number of ether oxygens (including phenoxy) is 1. The van der Waals surface area contributed by atoms with Gasteiger partial charge in [-0.05, 0) is 16.7 Å². The molecular weight excluding hydrogens is 284 g/mol. The summed E-state index contributed by atoms with van der Waals surface area (Å²) in [6, 6.07) is 29.2. The second-order valence-electron chi connectivity index (χ2n) is 5.35. The molecule has 2 nitrogen and oxygen atoms in total. The van der Waals surface area contributed by atoms with E-state index >= 15 is 0 Å². The SMILES string of the molecule is O=C(OCc1ccccc1)C(c1ccccc1)c1ccccc1. The normalized spacial score (nSPS) is 10.5. The van der Waals surface area contributed by atoms with Gasteiger partial charge in [-0.2, -0.15) is 0 Å². The molecule has 0 bridgehead atoms. The monoisotopic (exact) mass is 302 g/mol. The van der Waals surface area contributed by atoms with E-state index in [1.807, 2.05) is 91.0 Å². The van der Waals surface area contributed by atoms with Crippen molar-refractivity contribution in [2.45, 2.75) is 12.5 Å². The largest absolute Gasteiger partial charge is 0.460 e. The first-order chi connectivity index (χ1) is 11.3. The summed E-state index contributed by atoms with van der Waals surface area (Å²) in [4.78, 5) is 12.7. The van der Waals surface area contributed by atoms with Gasteiger partial charge in [0.05, 0.1) is 0 Å². The Kier molecular flexibility index (Phi) is 4.85. The van der Waals surface area contributed by atoms with Crippen molar-refractivity contribution in [3.05, 3.63) is 108 Å². The lowest BCUT2D eigenvalue weighted by molar-refractivity contribution is -0.145. The third-order valence-electron chi connectivity index (χ3n) is 3.73. The highest BCUT2D eigenvalue weighted by Gasteiger charge is 2.23. The van der Waals surface area contributed by atoms with Gasteiger partial charge in [0.2, 0.25) is 0 Å². The molecule has 0 aliphatic rings. The van der Waals surface area contributed by atoms with Crippen LogP contribution in [-0.4, -0.2) is 5.97 Å². The molecule has 3 rings (SSSR count). The zero-order valence-corrected chi connectivity index (χ0v) is 12.8. The second-order valence-corrected chi connectivity index (χ2v) is 5.35. The number of hydrogen-bond donors (Lipinski definition) is 0. The van der Waals surface area contributed by atoms with Gasteiger partial charge in [0.25, 0.3) is 0 Å². The quantitative estimate of drug-likeness (QED) is 0.646.